The Morgan fingerprint density at radius 3 is 2.69 bits per heavy atom. The molecular weight excluding hydrogens is 497 g/mol. The molecule has 1 aliphatic rings. The van der Waals surface area contributed by atoms with Gasteiger partial charge in [0.2, 0.25) is 0 Å². The summed E-state index contributed by atoms with van der Waals surface area (Å²) in [5.74, 6) is -1.07. The molecule has 3 N–H and O–H groups in total. The lowest BCUT2D eigenvalue weighted by Crippen LogP contribution is -2.31. The first-order chi connectivity index (χ1) is 18.7. The van der Waals surface area contributed by atoms with Crippen LogP contribution in [0.15, 0.2) is 60.6 Å². The molecule has 0 spiro atoms. The Balaban J connectivity index is 1.74. The van der Waals surface area contributed by atoms with E-state index in [-0.39, 0.29) is 35.8 Å². The van der Waals surface area contributed by atoms with Crippen molar-refractivity contribution in [2.75, 3.05) is 27.2 Å². The second-order valence-electron chi connectivity index (χ2n) is 10.3. The summed E-state index contributed by atoms with van der Waals surface area (Å²) in [6.07, 6.45) is 4.04. The Morgan fingerprint density at radius 1 is 1.26 bits per heavy atom. The molecule has 0 aliphatic heterocycles. The quantitative estimate of drug-likeness (QED) is 0.366. The minimum absolute atomic E-state index is 0.0191. The van der Waals surface area contributed by atoms with Crippen LogP contribution in [0.5, 0.6) is 0 Å². The van der Waals surface area contributed by atoms with E-state index in [4.69, 9.17) is 10.5 Å². The van der Waals surface area contributed by atoms with Crippen molar-refractivity contribution in [3.63, 3.8) is 0 Å². The van der Waals surface area contributed by atoms with E-state index in [1.807, 2.05) is 19.9 Å². The number of esters is 1. The van der Waals surface area contributed by atoms with E-state index >= 15 is 4.39 Å². The number of allylic oxidation sites excluding steroid dienone is 1. The standard InChI is InChI=1S/C30H36FN5O3/c1-6-39-30(38)25-15-34-36(28(25)24-14-23(24)26(32)16-33-4)20-10-7-9-19(13-20)21-11-8-12-22(27(21)31)29(37)35(5)17-18(2)3/h7-13,15-16,18,23-24,33H,6,14,17,32H2,1-5H3/b26-16-/t23?,24-/m1/s1. The van der Waals surface area contributed by atoms with Gasteiger partial charge in [-0.25, -0.2) is 13.9 Å². The Bertz CT molecular complexity index is 1400. The molecule has 9 heteroatoms. The largest absolute Gasteiger partial charge is 0.462 e. The fourth-order valence-corrected chi connectivity index (χ4v) is 4.99. The summed E-state index contributed by atoms with van der Waals surface area (Å²) in [7, 11) is 3.47. The number of ether oxygens (including phenoxy) is 1. The number of aromatic nitrogens is 2. The Kier molecular flexibility index (Phi) is 8.38. The van der Waals surface area contributed by atoms with Crippen molar-refractivity contribution in [2.45, 2.75) is 33.1 Å². The number of rotatable bonds is 10. The van der Waals surface area contributed by atoms with Crippen molar-refractivity contribution >= 4 is 11.9 Å². The Hall–Kier alpha value is -4.14. The lowest BCUT2D eigenvalue weighted by molar-refractivity contribution is 0.0524. The lowest BCUT2D eigenvalue weighted by atomic mass is 10.0. The second-order valence-corrected chi connectivity index (χ2v) is 10.3. The molecule has 0 bridgehead atoms. The van der Waals surface area contributed by atoms with Gasteiger partial charge < -0.3 is 20.7 Å². The normalized spacial score (nSPS) is 16.7. The van der Waals surface area contributed by atoms with Gasteiger partial charge in [0.05, 0.1) is 29.7 Å². The number of hydrogen-bond acceptors (Lipinski definition) is 6. The third-order valence-corrected chi connectivity index (χ3v) is 6.80. The third-order valence-electron chi connectivity index (χ3n) is 6.80. The summed E-state index contributed by atoms with van der Waals surface area (Å²) in [4.78, 5) is 27.3. The summed E-state index contributed by atoms with van der Waals surface area (Å²) in [6, 6.07) is 12.1. The van der Waals surface area contributed by atoms with E-state index in [0.29, 0.717) is 40.3 Å². The average molecular weight is 534 g/mol. The molecule has 1 fully saturated rings. The van der Waals surface area contributed by atoms with Crippen molar-refractivity contribution in [2.24, 2.45) is 17.6 Å². The predicted octanol–water partition coefficient (Wildman–Crippen LogP) is 4.71. The van der Waals surface area contributed by atoms with Gasteiger partial charge in [0.15, 0.2) is 0 Å². The maximum atomic E-state index is 15.7. The van der Waals surface area contributed by atoms with Crippen molar-refractivity contribution < 1.29 is 18.7 Å². The molecule has 8 nitrogen and oxygen atoms in total. The number of amides is 1. The van der Waals surface area contributed by atoms with Crippen LogP contribution in [-0.2, 0) is 4.74 Å². The van der Waals surface area contributed by atoms with E-state index in [9.17, 15) is 9.59 Å². The van der Waals surface area contributed by atoms with E-state index in [0.717, 1.165) is 6.42 Å². The molecule has 1 unspecified atom stereocenters. The molecule has 1 saturated carbocycles. The smallest absolute Gasteiger partial charge is 0.341 e. The molecule has 1 heterocycles. The highest BCUT2D eigenvalue weighted by Gasteiger charge is 2.45. The molecule has 0 saturated heterocycles. The zero-order chi connectivity index (χ0) is 28.3. The van der Waals surface area contributed by atoms with Crippen LogP contribution in [0.4, 0.5) is 4.39 Å². The SMILES string of the molecule is CCOC(=O)c1cnn(-c2cccc(-c3cccc(C(=O)N(C)CC(C)C)c3F)c2)c1[C@@H]1CC1/C(N)=C/NC. The van der Waals surface area contributed by atoms with E-state index < -0.39 is 11.8 Å². The number of hydrogen-bond donors (Lipinski definition) is 2. The number of nitrogens with zero attached hydrogens (tertiary/aromatic N) is 3. The highest BCUT2D eigenvalue weighted by atomic mass is 19.1. The minimum atomic E-state index is -0.574. The lowest BCUT2D eigenvalue weighted by Gasteiger charge is -2.20. The van der Waals surface area contributed by atoms with Crippen LogP contribution in [0.3, 0.4) is 0 Å². The van der Waals surface area contributed by atoms with Crippen molar-refractivity contribution in [3.8, 4) is 16.8 Å². The van der Waals surface area contributed by atoms with Crippen molar-refractivity contribution in [1.29, 1.82) is 0 Å². The van der Waals surface area contributed by atoms with Gasteiger partial charge in [-0.3, -0.25) is 4.79 Å². The molecule has 4 rings (SSSR count). The number of nitrogens with one attached hydrogen (secondary N) is 1. The molecule has 39 heavy (non-hydrogen) atoms. The molecule has 1 aliphatic carbocycles. The van der Waals surface area contributed by atoms with Crippen LogP contribution in [0.25, 0.3) is 16.8 Å². The second kappa shape index (κ2) is 11.7. The van der Waals surface area contributed by atoms with Crippen LogP contribution in [0.1, 0.15) is 59.5 Å². The summed E-state index contributed by atoms with van der Waals surface area (Å²) < 4.78 is 22.7. The minimum Gasteiger partial charge on any atom is -0.462 e. The zero-order valence-electron chi connectivity index (χ0n) is 23.1. The first kappa shape index (κ1) is 27.9. The topological polar surface area (TPSA) is 102 Å². The predicted molar refractivity (Wildman–Crippen MR) is 149 cm³/mol. The summed E-state index contributed by atoms with van der Waals surface area (Å²) in [5, 5.41) is 7.48. The third kappa shape index (κ3) is 5.82. The average Bonchev–Trinajstić information content (AvgIpc) is 3.58. The molecule has 1 amide bonds. The maximum Gasteiger partial charge on any atom is 0.341 e. The maximum absolute atomic E-state index is 15.7. The first-order valence-corrected chi connectivity index (χ1v) is 13.2. The highest BCUT2D eigenvalue weighted by molar-refractivity contribution is 5.96. The van der Waals surface area contributed by atoms with Crippen LogP contribution in [0, 0.1) is 17.7 Å². The highest BCUT2D eigenvalue weighted by Crippen LogP contribution is 2.51. The van der Waals surface area contributed by atoms with Crippen LogP contribution >= 0.6 is 0 Å². The first-order valence-electron chi connectivity index (χ1n) is 13.2. The van der Waals surface area contributed by atoms with Gasteiger partial charge in [0, 0.05) is 49.9 Å². The van der Waals surface area contributed by atoms with Gasteiger partial charge in [-0.1, -0.05) is 38.1 Å². The fraction of sp³-hybridized carbons (Fsp3) is 0.367. The van der Waals surface area contributed by atoms with Gasteiger partial charge in [-0.2, -0.15) is 5.10 Å². The fourth-order valence-electron chi connectivity index (χ4n) is 4.99. The number of nitrogens with two attached hydrogens (primary N) is 1. The van der Waals surface area contributed by atoms with E-state index in [2.05, 4.69) is 10.4 Å². The van der Waals surface area contributed by atoms with E-state index in [1.165, 1.54) is 17.2 Å². The number of benzene rings is 2. The summed E-state index contributed by atoms with van der Waals surface area (Å²) in [6.45, 7) is 6.55. The van der Waals surface area contributed by atoms with Crippen LogP contribution < -0.4 is 11.1 Å². The molecule has 2 aromatic carbocycles. The molecular formula is C30H36FN5O3. The molecule has 2 atom stereocenters. The van der Waals surface area contributed by atoms with Crippen LogP contribution in [0.2, 0.25) is 0 Å². The van der Waals surface area contributed by atoms with Gasteiger partial charge in [-0.05, 0) is 43.0 Å². The Morgan fingerprint density at radius 2 is 2.00 bits per heavy atom. The van der Waals surface area contributed by atoms with Gasteiger partial charge in [0.1, 0.15) is 11.4 Å². The van der Waals surface area contributed by atoms with Gasteiger partial charge in [0.25, 0.3) is 5.91 Å². The Labute approximate surface area is 228 Å². The number of carbonyl (C=O) groups is 2. The molecule has 3 aromatic rings. The van der Waals surface area contributed by atoms with Gasteiger partial charge >= 0.3 is 5.97 Å². The summed E-state index contributed by atoms with van der Waals surface area (Å²) in [5.41, 5.74) is 9.63. The number of carbonyl (C=O) groups excluding carboxylic acids is 2. The number of halogens is 1. The summed E-state index contributed by atoms with van der Waals surface area (Å²) >= 11 is 0. The molecule has 1 aromatic heterocycles. The monoisotopic (exact) mass is 533 g/mol. The van der Waals surface area contributed by atoms with Gasteiger partial charge in [-0.15, -0.1) is 0 Å². The van der Waals surface area contributed by atoms with E-state index in [1.54, 1.807) is 62.2 Å². The molecule has 0 radical (unpaired) electrons. The van der Waals surface area contributed by atoms with Crippen molar-refractivity contribution in [3.05, 3.63) is 83.2 Å². The zero-order valence-corrected chi connectivity index (χ0v) is 23.1. The van der Waals surface area contributed by atoms with Crippen molar-refractivity contribution in [1.82, 2.24) is 20.0 Å². The molecule has 206 valence electrons. The van der Waals surface area contributed by atoms with Crippen LogP contribution in [-0.4, -0.2) is 53.8 Å².